The summed E-state index contributed by atoms with van der Waals surface area (Å²) < 4.78 is 26.6. The Morgan fingerprint density at radius 1 is 0.963 bits per heavy atom. The second kappa shape index (κ2) is 9.26. The van der Waals surface area contributed by atoms with Crippen molar-refractivity contribution in [2.24, 2.45) is 5.92 Å². The Kier molecular flexibility index (Phi) is 7.05. The van der Waals surface area contributed by atoms with Crippen LogP contribution in [-0.2, 0) is 22.4 Å². The number of halogens is 2. The molecule has 0 aromatic heterocycles. The molecule has 2 N–H and O–H groups in total. The topological polar surface area (TPSA) is 58.2 Å². The van der Waals surface area contributed by atoms with Crippen LogP contribution in [0.25, 0.3) is 0 Å². The van der Waals surface area contributed by atoms with E-state index in [0.29, 0.717) is 5.92 Å². The summed E-state index contributed by atoms with van der Waals surface area (Å²) in [5.74, 6) is -2.44. The number of nitrogens with one attached hydrogen (secondary N) is 2. The fourth-order valence-corrected chi connectivity index (χ4v) is 2.80. The van der Waals surface area contributed by atoms with Gasteiger partial charge in [0.15, 0.2) is 11.6 Å². The first-order valence-electron chi connectivity index (χ1n) is 8.84. The lowest BCUT2D eigenvalue weighted by molar-refractivity contribution is -0.128. The highest BCUT2D eigenvalue weighted by Gasteiger charge is 2.23. The maximum atomic E-state index is 13.5. The molecule has 6 heteroatoms. The highest BCUT2D eigenvalue weighted by Crippen LogP contribution is 2.17. The largest absolute Gasteiger partial charge is 0.357 e. The van der Waals surface area contributed by atoms with Crippen molar-refractivity contribution in [2.75, 3.05) is 7.05 Å². The third kappa shape index (κ3) is 5.88. The fourth-order valence-electron chi connectivity index (χ4n) is 2.80. The fraction of sp³-hybridized carbons (Fsp3) is 0.333. The van der Waals surface area contributed by atoms with Gasteiger partial charge in [0.05, 0.1) is 6.42 Å². The highest BCUT2D eigenvalue weighted by molar-refractivity contribution is 5.89. The van der Waals surface area contributed by atoms with Crippen LogP contribution in [0.3, 0.4) is 0 Å². The predicted octanol–water partition coefficient (Wildman–Crippen LogP) is 3.31. The molecule has 1 atom stereocenters. The molecule has 0 radical (unpaired) electrons. The van der Waals surface area contributed by atoms with E-state index < -0.39 is 23.6 Å². The van der Waals surface area contributed by atoms with E-state index in [1.165, 1.54) is 18.7 Å². The summed E-state index contributed by atoms with van der Waals surface area (Å²) >= 11 is 0. The first-order valence-corrected chi connectivity index (χ1v) is 8.84. The van der Waals surface area contributed by atoms with Crippen LogP contribution in [0.15, 0.2) is 42.5 Å². The molecule has 0 saturated heterocycles. The molecule has 0 aliphatic heterocycles. The lowest BCUT2D eigenvalue weighted by Gasteiger charge is -2.18. The van der Waals surface area contributed by atoms with E-state index in [2.05, 4.69) is 24.5 Å². The van der Waals surface area contributed by atoms with Crippen molar-refractivity contribution in [3.63, 3.8) is 0 Å². The van der Waals surface area contributed by atoms with E-state index in [-0.39, 0.29) is 17.9 Å². The third-order valence-electron chi connectivity index (χ3n) is 4.12. The molecule has 2 rings (SSSR count). The molecule has 0 spiro atoms. The lowest BCUT2D eigenvalue weighted by Crippen LogP contribution is -2.39. The molecular weight excluding hydrogens is 350 g/mol. The van der Waals surface area contributed by atoms with Gasteiger partial charge in [-0.1, -0.05) is 44.2 Å². The van der Waals surface area contributed by atoms with Crippen LogP contribution in [0.4, 0.5) is 8.78 Å². The molecule has 144 valence electrons. The Hall–Kier alpha value is -2.76. The minimum absolute atomic E-state index is 0.0825. The molecule has 1 unspecified atom stereocenters. The van der Waals surface area contributed by atoms with Gasteiger partial charge in [-0.2, -0.15) is 0 Å². The first-order chi connectivity index (χ1) is 12.8. The molecule has 2 aromatic carbocycles. The summed E-state index contributed by atoms with van der Waals surface area (Å²) in [7, 11) is 1.41. The van der Waals surface area contributed by atoms with Gasteiger partial charge in [0, 0.05) is 7.05 Å². The summed E-state index contributed by atoms with van der Waals surface area (Å²) in [5, 5.41) is 5.01. The van der Waals surface area contributed by atoms with Gasteiger partial charge in [0.2, 0.25) is 11.8 Å². The molecular formula is C21H24F2N2O2. The molecule has 4 nitrogen and oxygen atoms in total. The van der Waals surface area contributed by atoms with Crippen molar-refractivity contribution in [2.45, 2.75) is 32.7 Å². The Bertz CT molecular complexity index is 804. The summed E-state index contributed by atoms with van der Waals surface area (Å²) in [4.78, 5) is 24.5. The second-order valence-electron chi connectivity index (χ2n) is 6.88. The molecule has 0 bridgehead atoms. The van der Waals surface area contributed by atoms with Crippen LogP contribution in [0, 0.1) is 17.6 Å². The first kappa shape index (κ1) is 20.6. The van der Waals surface area contributed by atoms with Gasteiger partial charge in [-0.25, -0.2) is 8.78 Å². The highest BCUT2D eigenvalue weighted by atomic mass is 19.2. The van der Waals surface area contributed by atoms with Crippen LogP contribution in [0.2, 0.25) is 0 Å². The van der Waals surface area contributed by atoms with Gasteiger partial charge in [-0.15, -0.1) is 0 Å². The Morgan fingerprint density at radius 2 is 1.59 bits per heavy atom. The average molecular weight is 374 g/mol. The van der Waals surface area contributed by atoms with Crippen LogP contribution >= 0.6 is 0 Å². The van der Waals surface area contributed by atoms with E-state index in [0.717, 1.165) is 24.1 Å². The van der Waals surface area contributed by atoms with Gasteiger partial charge in [0.1, 0.15) is 6.04 Å². The SMILES string of the molecule is CNC(=O)C(NC(=O)Cc1ccc(CC(C)C)cc1)c1ccc(F)c(F)c1. The van der Waals surface area contributed by atoms with Crippen LogP contribution < -0.4 is 10.6 Å². The van der Waals surface area contributed by atoms with Crippen LogP contribution in [0.1, 0.15) is 36.6 Å². The van der Waals surface area contributed by atoms with E-state index >= 15 is 0 Å². The van der Waals surface area contributed by atoms with Gasteiger partial charge < -0.3 is 10.6 Å². The number of benzene rings is 2. The van der Waals surface area contributed by atoms with Gasteiger partial charge in [0.25, 0.3) is 0 Å². The van der Waals surface area contributed by atoms with E-state index in [9.17, 15) is 18.4 Å². The number of likely N-dealkylation sites (N-methyl/N-ethyl adjacent to an activating group) is 1. The zero-order valence-electron chi connectivity index (χ0n) is 15.7. The molecule has 0 saturated carbocycles. The molecule has 0 aliphatic carbocycles. The van der Waals surface area contributed by atoms with Crippen molar-refractivity contribution in [3.05, 3.63) is 70.8 Å². The lowest BCUT2D eigenvalue weighted by atomic mass is 10.0. The number of carbonyl (C=O) groups excluding carboxylic acids is 2. The van der Waals surface area contributed by atoms with E-state index in [4.69, 9.17) is 0 Å². The van der Waals surface area contributed by atoms with Gasteiger partial charge >= 0.3 is 0 Å². The molecule has 2 amide bonds. The molecule has 0 aliphatic rings. The molecule has 0 fully saturated rings. The second-order valence-corrected chi connectivity index (χ2v) is 6.88. The van der Waals surface area contributed by atoms with Gasteiger partial charge in [-0.3, -0.25) is 9.59 Å². The summed E-state index contributed by atoms with van der Waals surface area (Å²) in [6.45, 7) is 4.27. The maximum Gasteiger partial charge on any atom is 0.246 e. The number of carbonyl (C=O) groups is 2. The Morgan fingerprint density at radius 3 is 2.15 bits per heavy atom. The number of rotatable bonds is 7. The number of amides is 2. The van der Waals surface area contributed by atoms with E-state index in [1.807, 2.05) is 24.3 Å². The number of hydrogen-bond donors (Lipinski definition) is 2. The Balaban J connectivity index is 2.09. The zero-order valence-corrected chi connectivity index (χ0v) is 15.7. The summed E-state index contributed by atoms with van der Waals surface area (Å²) in [6, 6.07) is 9.74. The van der Waals surface area contributed by atoms with Crippen molar-refractivity contribution >= 4 is 11.8 Å². The van der Waals surface area contributed by atoms with Crippen molar-refractivity contribution in [3.8, 4) is 0 Å². The third-order valence-corrected chi connectivity index (χ3v) is 4.12. The smallest absolute Gasteiger partial charge is 0.246 e. The average Bonchev–Trinajstić information content (AvgIpc) is 2.62. The maximum absolute atomic E-state index is 13.5. The quantitative estimate of drug-likeness (QED) is 0.781. The van der Waals surface area contributed by atoms with E-state index in [1.54, 1.807) is 0 Å². The number of hydrogen-bond acceptors (Lipinski definition) is 2. The predicted molar refractivity (Wildman–Crippen MR) is 100.0 cm³/mol. The molecule has 0 heterocycles. The van der Waals surface area contributed by atoms with Crippen molar-refractivity contribution in [1.82, 2.24) is 10.6 Å². The monoisotopic (exact) mass is 374 g/mol. The zero-order chi connectivity index (χ0) is 20.0. The molecule has 27 heavy (non-hydrogen) atoms. The normalized spacial score (nSPS) is 11.9. The minimum Gasteiger partial charge on any atom is -0.357 e. The van der Waals surface area contributed by atoms with Crippen LogP contribution in [-0.4, -0.2) is 18.9 Å². The van der Waals surface area contributed by atoms with Crippen molar-refractivity contribution < 1.29 is 18.4 Å². The minimum atomic E-state index is -1.10. The van der Waals surface area contributed by atoms with Crippen LogP contribution in [0.5, 0.6) is 0 Å². The molecule has 2 aromatic rings. The summed E-state index contributed by atoms with van der Waals surface area (Å²) in [5.41, 5.74) is 2.18. The summed E-state index contributed by atoms with van der Waals surface area (Å²) in [6.07, 6.45) is 1.04. The standard InChI is InChI=1S/C21H24F2N2O2/c1-13(2)10-14-4-6-15(7-5-14)11-19(26)25-20(21(27)24-3)16-8-9-17(22)18(23)12-16/h4-9,12-13,20H,10-11H2,1-3H3,(H,24,27)(H,25,26). The Labute approximate surface area is 158 Å². The van der Waals surface area contributed by atoms with Gasteiger partial charge in [-0.05, 0) is 41.2 Å². The van der Waals surface area contributed by atoms with Crippen molar-refractivity contribution in [1.29, 1.82) is 0 Å².